The molecule has 2 nitrogen and oxygen atoms in total. The van der Waals surface area contributed by atoms with E-state index in [4.69, 9.17) is 11.6 Å². The Morgan fingerprint density at radius 1 is 1.09 bits per heavy atom. The molecule has 0 aromatic heterocycles. The SMILES string of the molecule is O=C1C=C(Nc2ccc(Br)cc2Cl)C[C@H](c2ccccc2)C1. The molecule has 0 unspecified atom stereocenters. The van der Waals surface area contributed by atoms with Gasteiger partial charge in [-0.2, -0.15) is 0 Å². The molecule has 2 aromatic rings. The number of carbonyl (C=O) groups excluding carboxylic acids is 1. The molecule has 22 heavy (non-hydrogen) atoms. The number of hydrogen-bond acceptors (Lipinski definition) is 2. The van der Waals surface area contributed by atoms with Crippen molar-refractivity contribution in [1.82, 2.24) is 0 Å². The average Bonchev–Trinajstić information content (AvgIpc) is 2.50. The summed E-state index contributed by atoms with van der Waals surface area (Å²) in [5.41, 5.74) is 2.93. The first kappa shape index (κ1) is 15.3. The Hall–Kier alpha value is -1.58. The van der Waals surface area contributed by atoms with Gasteiger partial charge in [0.05, 0.1) is 10.7 Å². The predicted molar refractivity (Wildman–Crippen MR) is 94.3 cm³/mol. The predicted octanol–water partition coefficient (Wildman–Crippen LogP) is 5.55. The number of rotatable bonds is 3. The molecule has 2 aromatic carbocycles. The number of nitrogens with one attached hydrogen (secondary N) is 1. The zero-order valence-electron chi connectivity index (χ0n) is 11.9. The van der Waals surface area contributed by atoms with Crippen LogP contribution < -0.4 is 5.32 Å². The monoisotopic (exact) mass is 375 g/mol. The summed E-state index contributed by atoms with van der Waals surface area (Å²) in [6, 6.07) is 15.8. The van der Waals surface area contributed by atoms with E-state index >= 15 is 0 Å². The minimum atomic E-state index is 0.149. The number of halogens is 2. The van der Waals surface area contributed by atoms with Crippen LogP contribution in [0.15, 0.2) is 64.8 Å². The molecule has 0 heterocycles. The zero-order chi connectivity index (χ0) is 15.5. The molecule has 0 spiro atoms. The first-order valence-electron chi connectivity index (χ1n) is 7.12. The summed E-state index contributed by atoms with van der Waals surface area (Å²) in [5, 5.41) is 3.92. The van der Waals surface area contributed by atoms with E-state index in [1.807, 2.05) is 36.4 Å². The highest BCUT2D eigenvalue weighted by Crippen LogP contribution is 2.33. The van der Waals surface area contributed by atoms with Crippen LogP contribution in [0.1, 0.15) is 24.3 Å². The number of allylic oxidation sites excluding steroid dienone is 2. The molecular weight excluding hydrogens is 362 g/mol. The second-order valence-corrected chi connectivity index (χ2v) is 6.72. The first-order valence-corrected chi connectivity index (χ1v) is 8.29. The molecule has 1 aliphatic rings. The second-order valence-electron chi connectivity index (χ2n) is 5.40. The molecule has 0 saturated heterocycles. The summed E-state index contributed by atoms with van der Waals surface area (Å²) in [4.78, 5) is 12.0. The second kappa shape index (κ2) is 6.67. The van der Waals surface area contributed by atoms with Crippen molar-refractivity contribution in [1.29, 1.82) is 0 Å². The first-order chi connectivity index (χ1) is 10.6. The third kappa shape index (κ3) is 3.60. The summed E-state index contributed by atoms with van der Waals surface area (Å²) in [7, 11) is 0. The molecule has 0 amide bonds. The fraction of sp³-hybridized carbons (Fsp3) is 0.167. The van der Waals surface area contributed by atoms with Crippen LogP contribution in [0.2, 0.25) is 5.02 Å². The van der Waals surface area contributed by atoms with E-state index in [1.165, 1.54) is 5.56 Å². The minimum absolute atomic E-state index is 0.149. The molecule has 1 N–H and O–H groups in total. The van der Waals surface area contributed by atoms with Gasteiger partial charge in [-0.05, 0) is 36.1 Å². The number of carbonyl (C=O) groups is 1. The van der Waals surface area contributed by atoms with E-state index in [2.05, 4.69) is 33.4 Å². The molecular formula is C18H15BrClNO. The third-order valence-electron chi connectivity index (χ3n) is 3.75. The lowest BCUT2D eigenvalue weighted by atomic mass is 9.85. The van der Waals surface area contributed by atoms with Crippen LogP contribution in [-0.4, -0.2) is 5.78 Å². The topological polar surface area (TPSA) is 29.1 Å². The van der Waals surface area contributed by atoms with Crippen LogP contribution in [0.25, 0.3) is 0 Å². The average molecular weight is 377 g/mol. The van der Waals surface area contributed by atoms with Gasteiger partial charge in [0.1, 0.15) is 0 Å². The van der Waals surface area contributed by atoms with Gasteiger partial charge in [0.25, 0.3) is 0 Å². The van der Waals surface area contributed by atoms with Gasteiger partial charge in [0.15, 0.2) is 5.78 Å². The highest BCUT2D eigenvalue weighted by Gasteiger charge is 2.22. The van der Waals surface area contributed by atoms with Gasteiger partial charge in [-0.25, -0.2) is 0 Å². The minimum Gasteiger partial charge on any atom is -0.358 e. The highest BCUT2D eigenvalue weighted by atomic mass is 79.9. The van der Waals surface area contributed by atoms with Gasteiger partial charge in [0, 0.05) is 22.7 Å². The van der Waals surface area contributed by atoms with E-state index in [0.29, 0.717) is 11.4 Å². The number of benzene rings is 2. The molecule has 0 fully saturated rings. The fourth-order valence-corrected chi connectivity index (χ4v) is 3.43. The molecule has 4 heteroatoms. The standard InChI is InChI=1S/C18H15BrClNO/c19-14-6-7-18(17(20)10-14)21-15-8-13(9-16(22)11-15)12-4-2-1-3-5-12/h1-7,10-11,13,21H,8-9H2/t13-/m0/s1. The molecule has 0 saturated carbocycles. The Kier molecular flexibility index (Phi) is 4.65. The molecule has 0 bridgehead atoms. The van der Waals surface area contributed by atoms with Crippen molar-refractivity contribution < 1.29 is 4.79 Å². The quantitative estimate of drug-likeness (QED) is 0.761. The van der Waals surface area contributed by atoms with Crippen LogP contribution in [-0.2, 0) is 4.79 Å². The van der Waals surface area contributed by atoms with Gasteiger partial charge in [-0.15, -0.1) is 0 Å². The molecule has 0 aliphatic heterocycles. The van der Waals surface area contributed by atoms with E-state index in [1.54, 1.807) is 6.08 Å². The highest BCUT2D eigenvalue weighted by molar-refractivity contribution is 9.10. The van der Waals surface area contributed by atoms with Crippen LogP contribution in [0.5, 0.6) is 0 Å². The zero-order valence-corrected chi connectivity index (χ0v) is 14.2. The van der Waals surface area contributed by atoms with E-state index in [9.17, 15) is 4.79 Å². The number of ketones is 1. The van der Waals surface area contributed by atoms with Crippen molar-refractivity contribution in [3.05, 3.63) is 75.4 Å². The largest absolute Gasteiger partial charge is 0.358 e. The van der Waals surface area contributed by atoms with Crippen LogP contribution in [0.3, 0.4) is 0 Å². The van der Waals surface area contributed by atoms with Crippen molar-refractivity contribution in [3.63, 3.8) is 0 Å². The van der Waals surface area contributed by atoms with Crippen molar-refractivity contribution in [2.45, 2.75) is 18.8 Å². The molecule has 1 atom stereocenters. The molecule has 1 aliphatic carbocycles. The van der Waals surface area contributed by atoms with E-state index in [-0.39, 0.29) is 11.7 Å². The van der Waals surface area contributed by atoms with Gasteiger partial charge in [0.2, 0.25) is 0 Å². The van der Waals surface area contributed by atoms with E-state index in [0.717, 1.165) is 22.3 Å². The van der Waals surface area contributed by atoms with E-state index < -0.39 is 0 Å². The van der Waals surface area contributed by atoms with Crippen LogP contribution >= 0.6 is 27.5 Å². The molecule has 0 radical (unpaired) electrons. The maximum atomic E-state index is 12.0. The Bertz CT molecular complexity index is 727. The molecule has 112 valence electrons. The smallest absolute Gasteiger partial charge is 0.158 e. The van der Waals surface area contributed by atoms with Gasteiger partial charge < -0.3 is 5.32 Å². The summed E-state index contributed by atoms with van der Waals surface area (Å²) in [5.74, 6) is 0.367. The molecule has 3 rings (SSSR count). The Morgan fingerprint density at radius 2 is 1.86 bits per heavy atom. The van der Waals surface area contributed by atoms with Crippen LogP contribution in [0, 0.1) is 0 Å². The van der Waals surface area contributed by atoms with Gasteiger partial charge in [-0.3, -0.25) is 4.79 Å². The Labute approximate surface area is 143 Å². The van der Waals surface area contributed by atoms with Gasteiger partial charge in [-0.1, -0.05) is 57.9 Å². The van der Waals surface area contributed by atoms with Crippen molar-refractivity contribution in [2.24, 2.45) is 0 Å². The number of anilines is 1. The summed E-state index contributed by atoms with van der Waals surface area (Å²) < 4.78 is 0.930. The summed E-state index contributed by atoms with van der Waals surface area (Å²) >= 11 is 9.62. The fourth-order valence-electron chi connectivity index (χ4n) is 2.70. The van der Waals surface area contributed by atoms with Gasteiger partial charge >= 0.3 is 0 Å². The maximum Gasteiger partial charge on any atom is 0.158 e. The third-order valence-corrected chi connectivity index (χ3v) is 4.55. The summed E-state index contributed by atoms with van der Waals surface area (Å²) in [6.45, 7) is 0. The maximum absolute atomic E-state index is 12.0. The number of hydrogen-bond donors (Lipinski definition) is 1. The summed E-state index contributed by atoms with van der Waals surface area (Å²) in [6.07, 6.45) is 3.06. The normalized spacial score (nSPS) is 18.0. The van der Waals surface area contributed by atoms with Crippen molar-refractivity contribution >= 4 is 39.0 Å². The van der Waals surface area contributed by atoms with Crippen LogP contribution in [0.4, 0.5) is 5.69 Å². The van der Waals surface area contributed by atoms with Crippen molar-refractivity contribution in [2.75, 3.05) is 5.32 Å². The lowest BCUT2D eigenvalue weighted by molar-refractivity contribution is -0.115. The lowest BCUT2D eigenvalue weighted by Crippen LogP contribution is -2.16. The van der Waals surface area contributed by atoms with Crippen molar-refractivity contribution in [3.8, 4) is 0 Å². The lowest BCUT2D eigenvalue weighted by Gasteiger charge is -2.23. The Balaban J connectivity index is 1.80. The Morgan fingerprint density at radius 3 is 2.59 bits per heavy atom.